The van der Waals surface area contributed by atoms with Crippen molar-refractivity contribution in [2.24, 2.45) is 0 Å². The third-order valence-corrected chi connectivity index (χ3v) is 6.00. The summed E-state index contributed by atoms with van der Waals surface area (Å²) in [6.45, 7) is 2.25. The molecular formula is C25H21ClN4O5. The zero-order valence-corrected chi connectivity index (χ0v) is 19.3. The molecular weight excluding hydrogens is 472 g/mol. The Kier molecular flexibility index (Phi) is 6.35. The van der Waals surface area contributed by atoms with Crippen molar-refractivity contribution in [3.8, 4) is 0 Å². The number of nitro benzene ring substituents is 1. The van der Waals surface area contributed by atoms with Crippen LogP contribution in [0.15, 0.2) is 65.1 Å². The summed E-state index contributed by atoms with van der Waals surface area (Å²) in [6.07, 6.45) is 0.504. The van der Waals surface area contributed by atoms with Crippen LogP contribution in [0.25, 0.3) is 11.1 Å². The first-order chi connectivity index (χ1) is 17.0. The van der Waals surface area contributed by atoms with Crippen molar-refractivity contribution in [3.63, 3.8) is 0 Å². The highest BCUT2D eigenvalue weighted by Crippen LogP contribution is 2.28. The van der Waals surface area contributed by atoms with Crippen molar-refractivity contribution in [2.45, 2.75) is 6.42 Å². The molecule has 0 saturated carbocycles. The van der Waals surface area contributed by atoms with Crippen molar-refractivity contribution in [2.75, 3.05) is 36.5 Å². The Labute approximate surface area is 205 Å². The van der Waals surface area contributed by atoms with Gasteiger partial charge in [0.15, 0.2) is 11.5 Å². The van der Waals surface area contributed by atoms with E-state index in [0.29, 0.717) is 66.1 Å². The number of non-ortho nitro benzene ring substituents is 1. The Morgan fingerprint density at radius 1 is 1.09 bits per heavy atom. The number of carbonyl (C=O) groups excluding carboxylic acids is 1. The fourth-order valence-electron chi connectivity index (χ4n) is 4.00. The van der Waals surface area contributed by atoms with Crippen LogP contribution >= 0.6 is 11.6 Å². The SMILES string of the molecule is O=C(Nc1ccc2oc(Cc3ccc(Cl)cc3)nc2c1)c1cc([N+](=O)[O-])ccc1N1CCOCC1. The second-order valence-electron chi connectivity index (χ2n) is 8.11. The van der Waals surface area contributed by atoms with Crippen LogP contribution in [0, 0.1) is 10.1 Å². The summed E-state index contributed by atoms with van der Waals surface area (Å²) in [7, 11) is 0. The molecule has 2 heterocycles. The monoisotopic (exact) mass is 492 g/mol. The van der Waals surface area contributed by atoms with E-state index >= 15 is 0 Å². The topological polar surface area (TPSA) is 111 Å². The lowest BCUT2D eigenvalue weighted by Crippen LogP contribution is -2.37. The number of morpholine rings is 1. The number of nitrogens with zero attached hydrogens (tertiary/aromatic N) is 3. The number of amides is 1. The maximum Gasteiger partial charge on any atom is 0.270 e. The molecule has 0 spiro atoms. The lowest BCUT2D eigenvalue weighted by Gasteiger charge is -2.30. The number of fused-ring (bicyclic) bond motifs is 1. The number of anilines is 2. The number of hydrogen-bond acceptors (Lipinski definition) is 7. The lowest BCUT2D eigenvalue weighted by atomic mass is 10.1. The quantitative estimate of drug-likeness (QED) is 0.295. The smallest absolute Gasteiger partial charge is 0.270 e. The molecule has 1 aliphatic rings. The van der Waals surface area contributed by atoms with Crippen LogP contribution in [0.1, 0.15) is 21.8 Å². The molecule has 1 aliphatic heterocycles. The summed E-state index contributed by atoms with van der Waals surface area (Å²) in [6, 6.07) is 16.9. The molecule has 9 nitrogen and oxygen atoms in total. The Balaban J connectivity index is 1.39. The molecule has 10 heteroatoms. The summed E-state index contributed by atoms with van der Waals surface area (Å²) in [5.41, 5.74) is 3.42. The number of nitro groups is 1. The highest BCUT2D eigenvalue weighted by Gasteiger charge is 2.22. The van der Waals surface area contributed by atoms with Gasteiger partial charge in [0.05, 0.1) is 29.4 Å². The van der Waals surface area contributed by atoms with Crippen LogP contribution in [0.3, 0.4) is 0 Å². The van der Waals surface area contributed by atoms with Crippen LogP contribution < -0.4 is 10.2 Å². The van der Waals surface area contributed by atoms with Gasteiger partial charge in [-0.15, -0.1) is 0 Å². The van der Waals surface area contributed by atoms with E-state index in [1.807, 2.05) is 29.2 Å². The summed E-state index contributed by atoms with van der Waals surface area (Å²) in [5, 5.41) is 14.8. The van der Waals surface area contributed by atoms with Crippen LogP contribution in [-0.4, -0.2) is 42.1 Å². The van der Waals surface area contributed by atoms with Crippen LogP contribution in [-0.2, 0) is 11.2 Å². The first-order valence-electron chi connectivity index (χ1n) is 11.0. The van der Waals surface area contributed by atoms with E-state index in [1.54, 1.807) is 24.3 Å². The van der Waals surface area contributed by atoms with Gasteiger partial charge in [-0.05, 0) is 42.0 Å². The minimum Gasteiger partial charge on any atom is -0.440 e. The number of nitrogens with one attached hydrogen (secondary N) is 1. The molecule has 178 valence electrons. The highest BCUT2D eigenvalue weighted by atomic mass is 35.5. The van der Waals surface area contributed by atoms with Gasteiger partial charge in [0, 0.05) is 42.4 Å². The maximum atomic E-state index is 13.2. The van der Waals surface area contributed by atoms with Gasteiger partial charge >= 0.3 is 0 Å². The second-order valence-corrected chi connectivity index (χ2v) is 8.54. The summed E-state index contributed by atoms with van der Waals surface area (Å²) in [5.74, 6) is 0.0958. The number of oxazole rings is 1. The van der Waals surface area contributed by atoms with Crippen molar-refractivity contribution >= 4 is 45.7 Å². The molecule has 1 saturated heterocycles. The van der Waals surface area contributed by atoms with Gasteiger partial charge in [0.1, 0.15) is 5.52 Å². The molecule has 0 unspecified atom stereocenters. The number of aromatic nitrogens is 1. The average Bonchev–Trinajstić information content (AvgIpc) is 3.27. The Bertz CT molecular complexity index is 1400. The predicted molar refractivity (Wildman–Crippen MR) is 132 cm³/mol. The molecule has 0 aliphatic carbocycles. The van der Waals surface area contributed by atoms with Crippen molar-refractivity contribution in [1.82, 2.24) is 4.98 Å². The molecule has 1 N–H and O–H groups in total. The van der Waals surface area contributed by atoms with Crippen LogP contribution in [0.4, 0.5) is 17.1 Å². The van der Waals surface area contributed by atoms with Gasteiger partial charge in [-0.3, -0.25) is 14.9 Å². The van der Waals surface area contributed by atoms with E-state index in [0.717, 1.165) is 5.56 Å². The number of benzene rings is 3. The fourth-order valence-corrected chi connectivity index (χ4v) is 4.13. The summed E-state index contributed by atoms with van der Waals surface area (Å²) < 4.78 is 11.2. The first kappa shape index (κ1) is 22.8. The Morgan fingerprint density at radius 3 is 2.60 bits per heavy atom. The van der Waals surface area contributed by atoms with E-state index in [4.69, 9.17) is 20.8 Å². The number of carbonyl (C=O) groups is 1. The zero-order valence-electron chi connectivity index (χ0n) is 18.6. The van der Waals surface area contributed by atoms with Crippen LogP contribution in [0.2, 0.25) is 5.02 Å². The van der Waals surface area contributed by atoms with E-state index in [9.17, 15) is 14.9 Å². The largest absolute Gasteiger partial charge is 0.440 e. The van der Waals surface area contributed by atoms with Gasteiger partial charge in [0.25, 0.3) is 11.6 Å². The molecule has 5 rings (SSSR count). The van der Waals surface area contributed by atoms with E-state index in [2.05, 4.69) is 10.3 Å². The molecule has 1 aromatic heterocycles. The van der Waals surface area contributed by atoms with Crippen molar-refractivity contribution < 1.29 is 18.9 Å². The van der Waals surface area contributed by atoms with E-state index in [-0.39, 0.29) is 11.3 Å². The van der Waals surface area contributed by atoms with Crippen LogP contribution in [0.5, 0.6) is 0 Å². The van der Waals surface area contributed by atoms with E-state index < -0.39 is 10.8 Å². The van der Waals surface area contributed by atoms with Gasteiger partial charge in [-0.25, -0.2) is 4.98 Å². The molecule has 0 atom stereocenters. The molecule has 1 fully saturated rings. The molecule has 4 aromatic rings. The molecule has 1 amide bonds. The lowest BCUT2D eigenvalue weighted by molar-refractivity contribution is -0.384. The predicted octanol–water partition coefficient (Wildman–Crippen LogP) is 5.07. The average molecular weight is 493 g/mol. The van der Waals surface area contributed by atoms with Gasteiger partial charge in [-0.2, -0.15) is 0 Å². The third-order valence-electron chi connectivity index (χ3n) is 5.75. The minimum atomic E-state index is -0.510. The highest BCUT2D eigenvalue weighted by molar-refractivity contribution is 6.30. The summed E-state index contributed by atoms with van der Waals surface area (Å²) >= 11 is 5.94. The van der Waals surface area contributed by atoms with Crippen molar-refractivity contribution in [3.05, 3.63) is 92.8 Å². The Morgan fingerprint density at radius 2 is 1.86 bits per heavy atom. The maximum absolute atomic E-state index is 13.2. The zero-order chi connectivity index (χ0) is 24.4. The number of hydrogen-bond donors (Lipinski definition) is 1. The fraction of sp³-hybridized carbons (Fsp3) is 0.200. The normalized spacial score (nSPS) is 13.7. The standard InChI is InChI=1S/C25H21ClN4O5/c26-17-3-1-16(2-4-17)13-24-28-21-14-18(5-8-23(21)35-24)27-25(31)20-15-19(30(32)33)6-7-22(20)29-9-11-34-12-10-29/h1-8,14-15H,9-13H2,(H,27,31). The molecule has 35 heavy (non-hydrogen) atoms. The third kappa shape index (κ3) is 5.11. The van der Waals surface area contributed by atoms with Gasteiger partial charge in [-0.1, -0.05) is 23.7 Å². The van der Waals surface area contributed by atoms with Gasteiger partial charge in [0.2, 0.25) is 0 Å². The second kappa shape index (κ2) is 9.73. The van der Waals surface area contributed by atoms with E-state index in [1.165, 1.54) is 12.1 Å². The Hall–Kier alpha value is -3.95. The number of rotatable bonds is 6. The molecule has 3 aromatic carbocycles. The van der Waals surface area contributed by atoms with Crippen molar-refractivity contribution in [1.29, 1.82) is 0 Å². The summed E-state index contributed by atoms with van der Waals surface area (Å²) in [4.78, 5) is 30.6. The van der Waals surface area contributed by atoms with Gasteiger partial charge < -0.3 is 19.4 Å². The minimum absolute atomic E-state index is 0.147. The molecule has 0 radical (unpaired) electrons. The number of ether oxygens (including phenoxy) is 1. The first-order valence-corrected chi connectivity index (χ1v) is 11.4. The molecule has 0 bridgehead atoms. The number of halogens is 1.